The molecule has 0 spiro atoms. The molecule has 1 atom stereocenters. The molecule has 4 nitrogen and oxygen atoms in total. The number of hydrazine groups is 1. The zero-order valence-electron chi connectivity index (χ0n) is 11.6. The number of para-hydroxylation sites is 1. The summed E-state index contributed by atoms with van der Waals surface area (Å²) in [5.74, 6) is 8.32. The summed E-state index contributed by atoms with van der Waals surface area (Å²) in [4.78, 5) is 0. The van der Waals surface area contributed by atoms with Crippen LogP contribution in [0.1, 0.15) is 35.6 Å². The van der Waals surface area contributed by atoms with Crippen LogP contribution in [0.4, 0.5) is 0 Å². The second-order valence-electron chi connectivity index (χ2n) is 4.44. The zero-order chi connectivity index (χ0) is 13.8. The molecule has 0 saturated carbocycles. The maximum absolute atomic E-state index is 5.73. The molecular formula is C15H20N2O2. The van der Waals surface area contributed by atoms with Crippen LogP contribution in [0.2, 0.25) is 0 Å². The summed E-state index contributed by atoms with van der Waals surface area (Å²) in [6, 6.07) is 9.76. The van der Waals surface area contributed by atoms with Crippen LogP contribution in [0.5, 0.6) is 5.75 Å². The van der Waals surface area contributed by atoms with Gasteiger partial charge in [-0.25, -0.2) is 5.43 Å². The Kier molecular flexibility index (Phi) is 4.24. The Hall–Kier alpha value is -1.78. The van der Waals surface area contributed by atoms with Gasteiger partial charge in [0.25, 0.3) is 0 Å². The third-order valence-electron chi connectivity index (χ3n) is 3.09. The van der Waals surface area contributed by atoms with E-state index >= 15 is 0 Å². The van der Waals surface area contributed by atoms with Gasteiger partial charge in [0.05, 0.1) is 12.6 Å². The van der Waals surface area contributed by atoms with E-state index in [2.05, 4.69) is 5.43 Å². The van der Waals surface area contributed by atoms with E-state index in [1.807, 2.05) is 51.1 Å². The standard InChI is InChI=1S/C15H20N2O2/c1-4-18-14-8-6-5-7-12(14)15(17-16)13-9-10(2)19-11(13)3/h5-9,15,17H,4,16H2,1-3H3. The second-order valence-corrected chi connectivity index (χ2v) is 4.44. The van der Waals surface area contributed by atoms with Crippen molar-refractivity contribution < 1.29 is 9.15 Å². The Balaban J connectivity index is 2.45. The van der Waals surface area contributed by atoms with Gasteiger partial charge in [-0.1, -0.05) is 18.2 Å². The van der Waals surface area contributed by atoms with Gasteiger partial charge in [0.1, 0.15) is 17.3 Å². The van der Waals surface area contributed by atoms with E-state index in [0.717, 1.165) is 28.4 Å². The second kappa shape index (κ2) is 5.91. The topological polar surface area (TPSA) is 60.4 Å². The molecular weight excluding hydrogens is 240 g/mol. The highest BCUT2D eigenvalue weighted by Gasteiger charge is 2.21. The van der Waals surface area contributed by atoms with Gasteiger partial charge in [-0.05, 0) is 32.9 Å². The summed E-state index contributed by atoms with van der Waals surface area (Å²) in [5, 5.41) is 0. The third kappa shape index (κ3) is 2.80. The van der Waals surface area contributed by atoms with Crippen LogP contribution in [0, 0.1) is 13.8 Å². The van der Waals surface area contributed by atoms with E-state index in [0.29, 0.717) is 6.61 Å². The van der Waals surface area contributed by atoms with Crippen LogP contribution in [-0.4, -0.2) is 6.61 Å². The van der Waals surface area contributed by atoms with Crippen LogP contribution in [0.25, 0.3) is 0 Å². The Labute approximate surface area is 113 Å². The molecule has 2 aromatic rings. The Morgan fingerprint density at radius 2 is 2.00 bits per heavy atom. The number of benzene rings is 1. The number of rotatable bonds is 5. The van der Waals surface area contributed by atoms with Crippen LogP contribution >= 0.6 is 0 Å². The first-order valence-electron chi connectivity index (χ1n) is 6.42. The fraction of sp³-hybridized carbons (Fsp3) is 0.333. The number of ether oxygens (including phenoxy) is 1. The van der Waals surface area contributed by atoms with Crippen molar-refractivity contribution in [3.05, 3.63) is 53.0 Å². The van der Waals surface area contributed by atoms with Crippen molar-refractivity contribution in [2.75, 3.05) is 6.61 Å². The molecule has 102 valence electrons. The molecule has 0 fully saturated rings. The Bertz CT molecular complexity index is 549. The average Bonchev–Trinajstić information content (AvgIpc) is 2.72. The number of nitrogens with one attached hydrogen (secondary N) is 1. The summed E-state index contributed by atoms with van der Waals surface area (Å²) in [7, 11) is 0. The smallest absolute Gasteiger partial charge is 0.124 e. The van der Waals surface area contributed by atoms with Crippen molar-refractivity contribution in [2.24, 2.45) is 5.84 Å². The van der Waals surface area contributed by atoms with Gasteiger partial charge < -0.3 is 9.15 Å². The summed E-state index contributed by atoms with van der Waals surface area (Å²) in [6.07, 6.45) is 0. The predicted octanol–water partition coefficient (Wildman–Crippen LogP) is 2.85. The molecule has 1 unspecified atom stereocenters. The largest absolute Gasteiger partial charge is 0.494 e. The van der Waals surface area contributed by atoms with Crippen molar-refractivity contribution in [1.82, 2.24) is 5.43 Å². The minimum Gasteiger partial charge on any atom is -0.494 e. The third-order valence-corrected chi connectivity index (χ3v) is 3.09. The van der Waals surface area contributed by atoms with Gasteiger partial charge in [-0.2, -0.15) is 0 Å². The lowest BCUT2D eigenvalue weighted by Gasteiger charge is -2.19. The van der Waals surface area contributed by atoms with Crippen LogP contribution in [0.3, 0.4) is 0 Å². The first-order chi connectivity index (χ1) is 9.17. The number of hydrogen-bond donors (Lipinski definition) is 2. The van der Waals surface area contributed by atoms with Crippen molar-refractivity contribution >= 4 is 0 Å². The monoisotopic (exact) mass is 260 g/mol. The highest BCUT2D eigenvalue weighted by molar-refractivity contribution is 5.42. The van der Waals surface area contributed by atoms with Gasteiger partial charge in [-0.3, -0.25) is 5.84 Å². The molecule has 0 aliphatic heterocycles. The molecule has 4 heteroatoms. The summed E-state index contributed by atoms with van der Waals surface area (Å²) in [6.45, 7) is 6.46. The van der Waals surface area contributed by atoms with E-state index in [-0.39, 0.29) is 6.04 Å². The Morgan fingerprint density at radius 1 is 1.26 bits per heavy atom. The lowest BCUT2D eigenvalue weighted by atomic mass is 9.98. The maximum Gasteiger partial charge on any atom is 0.124 e. The summed E-state index contributed by atoms with van der Waals surface area (Å²) >= 11 is 0. The predicted molar refractivity (Wildman–Crippen MR) is 75.0 cm³/mol. The molecule has 1 heterocycles. The minimum atomic E-state index is -0.139. The van der Waals surface area contributed by atoms with Crippen LogP contribution in [0.15, 0.2) is 34.7 Å². The van der Waals surface area contributed by atoms with E-state index in [4.69, 9.17) is 15.0 Å². The summed E-state index contributed by atoms with van der Waals surface area (Å²) in [5.41, 5.74) is 4.89. The maximum atomic E-state index is 5.73. The molecule has 0 aliphatic rings. The Morgan fingerprint density at radius 3 is 2.58 bits per heavy atom. The molecule has 0 saturated heterocycles. The normalized spacial score (nSPS) is 12.4. The van der Waals surface area contributed by atoms with Crippen LogP contribution in [-0.2, 0) is 0 Å². The first-order valence-corrected chi connectivity index (χ1v) is 6.42. The highest BCUT2D eigenvalue weighted by atomic mass is 16.5. The average molecular weight is 260 g/mol. The number of nitrogens with two attached hydrogens (primary N) is 1. The van der Waals surface area contributed by atoms with Gasteiger partial charge in [0.2, 0.25) is 0 Å². The number of hydrogen-bond acceptors (Lipinski definition) is 4. The quantitative estimate of drug-likeness (QED) is 0.641. The molecule has 0 bridgehead atoms. The molecule has 3 N–H and O–H groups in total. The zero-order valence-corrected chi connectivity index (χ0v) is 11.6. The van der Waals surface area contributed by atoms with Gasteiger partial charge in [-0.15, -0.1) is 0 Å². The van der Waals surface area contributed by atoms with E-state index in [1.165, 1.54) is 0 Å². The highest BCUT2D eigenvalue weighted by Crippen LogP contribution is 2.32. The molecule has 1 aromatic carbocycles. The fourth-order valence-corrected chi connectivity index (χ4v) is 2.29. The minimum absolute atomic E-state index is 0.139. The molecule has 0 radical (unpaired) electrons. The van der Waals surface area contributed by atoms with E-state index in [1.54, 1.807) is 0 Å². The lowest BCUT2D eigenvalue weighted by molar-refractivity contribution is 0.333. The van der Waals surface area contributed by atoms with Gasteiger partial charge >= 0.3 is 0 Å². The molecule has 0 amide bonds. The molecule has 2 rings (SSSR count). The number of aryl methyl sites for hydroxylation is 2. The van der Waals surface area contributed by atoms with Crippen molar-refractivity contribution in [1.29, 1.82) is 0 Å². The first kappa shape index (κ1) is 13.6. The SMILES string of the molecule is CCOc1ccccc1C(NN)c1cc(C)oc1C. The molecule has 0 aliphatic carbocycles. The number of furan rings is 1. The van der Waals surface area contributed by atoms with Crippen LogP contribution < -0.4 is 16.0 Å². The molecule has 19 heavy (non-hydrogen) atoms. The fourth-order valence-electron chi connectivity index (χ4n) is 2.29. The van der Waals surface area contributed by atoms with Crippen molar-refractivity contribution in [2.45, 2.75) is 26.8 Å². The van der Waals surface area contributed by atoms with Gasteiger partial charge in [0, 0.05) is 11.1 Å². The summed E-state index contributed by atoms with van der Waals surface area (Å²) < 4.78 is 11.2. The van der Waals surface area contributed by atoms with Crippen molar-refractivity contribution in [3.63, 3.8) is 0 Å². The van der Waals surface area contributed by atoms with E-state index < -0.39 is 0 Å². The van der Waals surface area contributed by atoms with Gasteiger partial charge in [0.15, 0.2) is 0 Å². The lowest BCUT2D eigenvalue weighted by Crippen LogP contribution is -2.29. The molecule has 1 aromatic heterocycles. The van der Waals surface area contributed by atoms with E-state index in [9.17, 15) is 0 Å². The van der Waals surface area contributed by atoms with Crippen molar-refractivity contribution in [3.8, 4) is 5.75 Å².